The molecular formula is C28H34F3N3O4S. The van der Waals surface area contributed by atoms with Crippen LogP contribution in [0.15, 0.2) is 59.5 Å². The second-order valence-electron chi connectivity index (χ2n) is 10.2. The van der Waals surface area contributed by atoms with Crippen LogP contribution in [0.3, 0.4) is 0 Å². The van der Waals surface area contributed by atoms with E-state index in [0.29, 0.717) is 18.9 Å². The molecule has 212 valence electrons. The monoisotopic (exact) mass is 565 g/mol. The fraction of sp³-hybridized carbons (Fsp3) is 0.500. The lowest BCUT2D eigenvalue weighted by Crippen LogP contribution is -2.51. The molecule has 0 spiro atoms. The van der Waals surface area contributed by atoms with Crippen LogP contribution >= 0.6 is 0 Å². The van der Waals surface area contributed by atoms with E-state index in [1.807, 2.05) is 0 Å². The molecule has 2 aromatic carbocycles. The highest BCUT2D eigenvalue weighted by Gasteiger charge is 2.35. The Balaban J connectivity index is 1.46. The maximum Gasteiger partial charge on any atom is 0.416 e. The average molecular weight is 566 g/mol. The second kappa shape index (κ2) is 12.5. The number of alkyl halides is 3. The zero-order valence-electron chi connectivity index (χ0n) is 21.7. The fourth-order valence-electron chi connectivity index (χ4n) is 5.48. The molecule has 2 aliphatic rings. The van der Waals surface area contributed by atoms with Gasteiger partial charge in [0.1, 0.15) is 5.88 Å². The first kappa shape index (κ1) is 29.1. The topological polar surface area (TPSA) is 86.8 Å². The number of hydrogen-bond acceptors (Lipinski definition) is 5. The van der Waals surface area contributed by atoms with Gasteiger partial charge < -0.3 is 15.1 Å². The zero-order valence-corrected chi connectivity index (χ0v) is 22.5. The predicted octanol–water partition coefficient (Wildman–Crippen LogP) is 4.49. The number of nitrogens with zero attached hydrogens (tertiary/aromatic N) is 2. The van der Waals surface area contributed by atoms with Gasteiger partial charge in [-0.3, -0.25) is 9.59 Å². The van der Waals surface area contributed by atoms with Gasteiger partial charge in [0, 0.05) is 17.6 Å². The van der Waals surface area contributed by atoms with Crippen molar-refractivity contribution in [1.29, 1.82) is 0 Å². The highest BCUT2D eigenvalue weighted by molar-refractivity contribution is 7.91. The van der Waals surface area contributed by atoms with E-state index in [-0.39, 0.29) is 16.5 Å². The van der Waals surface area contributed by atoms with Crippen molar-refractivity contribution in [2.24, 2.45) is 0 Å². The summed E-state index contributed by atoms with van der Waals surface area (Å²) in [5.74, 6) is -1.96. The molecule has 0 aromatic heterocycles. The molecule has 2 aromatic rings. The molecule has 39 heavy (non-hydrogen) atoms. The largest absolute Gasteiger partial charge is 0.416 e. The van der Waals surface area contributed by atoms with Crippen molar-refractivity contribution < 1.29 is 31.2 Å². The van der Waals surface area contributed by atoms with E-state index >= 15 is 0 Å². The molecule has 0 unspecified atom stereocenters. The lowest BCUT2D eigenvalue weighted by molar-refractivity contribution is -0.137. The molecule has 0 bridgehead atoms. The van der Waals surface area contributed by atoms with Crippen molar-refractivity contribution in [3.8, 4) is 0 Å². The van der Waals surface area contributed by atoms with Crippen molar-refractivity contribution in [3.05, 3.63) is 65.7 Å². The number of carbonyl (C=O) groups is 2. The van der Waals surface area contributed by atoms with Crippen molar-refractivity contribution in [2.75, 3.05) is 25.5 Å². The van der Waals surface area contributed by atoms with E-state index in [4.69, 9.17) is 0 Å². The molecule has 7 nitrogen and oxygen atoms in total. The summed E-state index contributed by atoms with van der Waals surface area (Å²) in [7, 11) is -3.84. The van der Waals surface area contributed by atoms with Crippen molar-refractivity contribution in [2.45, 2.75) is 68.1 Å². The van der Waals surface area contributed by atoms with Crippen molar-refractivity contribution >= 4 is 21.7 Å². The van der Waals surface area contributed by atoms with E-state index < -0.39 is 45.8 Å². The SMILES string of the molecule is O=C(NCC(=O)N(CS(=O)(=O)c1ccccc1)C1CCC(N2CCCCC2)CC1)c1cccc(C(F)(F)F)c1. The van der Waals surface area contributed by atoms with Gasteiger partial charge in [-0.2, -0.15) is 13.2 Å². The minimum Gasteiger partial charge on any atom is -0.343 e. The number of likely N-dealkylation sites (tertiary alicyclic amines) is 1. The summed E-state index contributed by atoms with van der Waals surface area (Å²) in [6, 6.07) is 11.9. The number of sulfone groups is 1. The third kappa shape index (κ3) is 7.60. The summed E-state index contributed by atoms with van der Waals surface area (Å²) >= 11 is 0. The van der Waals surface area contributed by atoms with Crippen molar-refractivity contribution in [1.82, 2.24) is 15.1 Å². The molecule has 0 radical (unpaired) electrons. The summed E-state index contributed by atoms with van der Waals surface area (Å²) < 4.78 is 65.5. The second-order valence-corrected chi connectivity index (χ2v) is 12.2. The first-order chi connectivity index (χ1) is 18.5. The smallest absolute Gasteiger partial charge is 0.343 e. The maximum atomic E-state index is 13.4. The number of piperidine rings is 1. The first-order valence-corrected chi connectivity index (χ1v) is 15.0. The van der Waals surface area contributed by atoms with E-state index in [0.717, 1.165) is 44.1 Å². The highest BCUT2D eigenvalue weighted by Crippen LogP contribution is 2.30. The Morgan fingerprint density at radius 3 is 2.23 bits per heavy atom. The van der Waals surface area contributed by atoms with Gasteiger partial charge in [-0.1, -0.05) is 30.7 Å². The third-order valence-corrected chi connectivity index (χ3v) is 9.21. The van der Waals surface area contributed by atoms with Crippen LogP contribution in [0.1, 0.15) is 60.9 Å². The third-order valence-electron chi connectivity index (χ3n) is 7.60. The van der Waals surface area contributed by atoms with Gasteiger partial charge in [0.05, 0.1) is 17.0 Å². The highest BCUT2D eigenvalue weighted by atomic mass is 32.2. The van der Waals surface area contributed by atoms with Crippen LogP contribution in [-0.4, -0.2) is 67.6 Å². The average Bonchev–Trinajstić information content (AvgIpc) is 2.95. The summed E-state index contributed by atoms with van der Waals surface area (Å²) in [6.07, 6.45) is 1.93. The molecule has 2 fully saturated rings. The van der Waals surface area contributed by atoms with Crippen LogP contribution in [0.2, 0.25) is 0 Å². The Labute approximate surface area is 227 Å². The molecule has 1 aliphatic heterocycles. The molecule has 2 amide bonds. The zero-order chi connectivity index (χ0) is 28.0. The van der Waals surface area contributed by atoms with Gasteiger partial charge in [0.25, 0.3) is 5.91 Å². The molecule has 11 heteroatoms. The van der Waals surface area contributed by atoms with Crippen LogP contribution in [0, 0.1) is 0 Å². The van der Waals surface area contributed by atoms with Gasteiger partial charge in [0.15, 0.2) is 9.84 Å². The number of hydrogen-bond donors (Lipinski definition) is 1. The van der Waals surface area contributed by atoms with E-state index in [2.05, 4.69) is 10.2 Å². The van der Waals surface area contributed by atoms with E-state index in [1.165, 1.54) is 42.4 Å². The minimum absolute atomic E-state index is 0.0952. The van der Waals surface area contributed by atoms with Crippen LogP contribution in [-0.2, 0) is 20.8 Å². The summed E-state index contributed by atoms with van der Waals surface area (Å²) in [6.45, 7) is 1.59. The number of halogens is 3. The molecule has 4 rings (SSSR count). The summed E-state index contributed by atoms with van der Waals surface area (Å²) in [5, 5.41) is 2.38. The Bertz CT molecular complexity index is 1240. The minimum atomic E-state index is -4.61. The summed E-state index contributed by atoms with van der Waals surface area (Å²) in [4.78, 5) is 29.8. The van der Waals surface area contributed by atoms with Gasteiger partial charge in [-0.25, -0.2) is 8.42 Å². The van der Waals surface area contributed by atoms with Crippen LogP contribution < -0.4 is 5.32 Å². The summed E-state index contributed by atoms with van der Waals surface area (Å²) in [5.41, 5.74) is -1.20. The van der Waals surface area contributed by atoms with Gasteiger partial charge in [-0.05, 0) is 81.9 Å². The number of amides is 2. The Hall–Kier alpha value is -2.92. The number of benzene rings is 2. The van der Waals surface area contributed by atoms with Crippen LogP contribution in [0.5, 0.6) is 0 Å². The van der Waals surface area contributed by atoms with Crippen LogP contribution in [0.4, 0.5) is 13.2 Å². The lowest BCUT2D eigenvalue weighted by Gasteiger charge is -2.41. The molecule has 1 N–H and O–H groups in total. The molecular weight excluding hydrogens is 531 g/mol. The van der Waals surface area contributed by atoms with E-state index in [9.17, 15) is 31.2 Å². The maximum absolute atomic E-state index is 13.4. The number of nitrogens with one attached hydrogen (secondary N) is 1. The Kier molecular flexibility index (Phi) is 9.32. The molecule has 1 saturated carbocycles. The van der Waals surface area contributed by atoms with E-state index in [1.54, 1.807) is 18.2 Å². The predicted molar refractivity (Wildman–Crippen MR) is 141 cm³/mol. The van der Waals surface area contributed by atoms with Gasteiger partial charge >= 0.3 is 6.18 Å². The Morgan fingerprint density at radius 2 is 1.59 bits per heavy atom. The normalized spacial score (nSPS) is 20.8. The first-order valence-electron chi connectivity index (χ1n) is 13.3. The molecule has 0 atom stereocenters. The number of carbonyl (C=O) groups excluding carboxylic acids is 2. The molecule has 1 aliphatic carbocycles. The van der Waals surface area contributed by atoms with Crippen molar-refractivity contribution in [3.63, 3.8) is 0 Å². The van der Waals surface area contributed by atoms with Crippen LogP contribution in [0.25, 0.3) is 0 Å². The van der Waals surface area contributed by atoms with Gasteiger partial charge in [0.2, 0.25) is 5.91 Å². The van der Waals surface area contributed by atoms with Gasteiger partial charge in [-0.15, -0.1) is 0 Å². The quantitative estimate of drug-likeness (QED) is 0.510. The Morgan fingerprint density at radius 1 is 0.923 bits per heavy atom. The molecule has 1 heterocycles. The molecule has 1 saturated heterocycles. The number of rotatable bonds is 8. The lowest BCUT2D eigenvalue weighted by atomic mass is 9.88. The fourth-order valence-corrected chi connectivity index (χ4v) is 6.92. The standard InChI is InChI=1S/C28H34F3N3O4S/c29-28(30,31)22-9-7-8-21(18-22)27(36)32-19-26(35)34(20-39(37,38)25-10-3-1-4-11-25)24-14-12-23(13-15-24)33-16-5-2-6-17-33/h1,3-4,7-11,18,23-24H,2,5-6,12-17,19-20H2,(H,32,36).